The van der Waals surface area contributed by atoms with Crippen molar-refractivity contribution < 1.29 is 9.59 Å². The molecule has 1 spiro atoms. The van der Waals surface area contributed by atoms with Gasteiger partial charge >= 0.3 is 6.03 Å². The number of hydrogen-bond donors (Lipinski definition) is 1. The summed E-state index contributed by atoms with van der Waals surface area (Å²) >= 11 is 0. The highest BCUT2D eigenvalue weighted by molar-refractivity contribution is 6.07. The molecule has 3 amide bonds. The van der Waals surface area contributed by atoms with Crippen molar-refractivity contribution in [3.63, 3.8) is 0 Å². The van der Waals surface area contributed by atoms with E-state index in [-0.39, 0.29) is 17.9 Å². The molecule has 2 fully saturated rings. The molecule has 0 radical (unpaired) electrons. The van der Waals surface area contributed by atoms with E-state index in [4.69, 9.17) is 0 Å². The second kappa shape index (κ2) is 6.18. The maximum Gasteiger partial charge on any atom is 0.326 e. The molecule has 1 N–H and O–H groups in total. The number of carbonyl (C=O) groups excluding carboxylic acids is 2. The first-order valence-electron chi connectivity index (χ1n) is 7.91. The zero-order chi connectivity index (χ0) is 15.6. The minimum atomic E-state index is -0.655. The average molecular weight is 293 g/mol. The Balaban J connectivity index is 2.12. The maximum absolute atomic E-state index is 12.8. The number of rotatable bonds is 5. The molecule has 1 heterocycles. The van der Waals surface area contributed by atoms with E-state index in [2.05, 4.69) is 23.7 Å². The summed E-state index contributed by atoms with van der Waals surface area (Å²) < 4.78 is 0. The Kier molecular flexibility index (Phi) is 4.71. The van der Waals surface area contributed by atoms with Gasteiger partial charge in [0.2, 0.25) is 0 Å². The largest absolute Gasteiger partial charge is 0.326 e. The number of imide groups is 1. The van der Waals surface area contributed by atoms with Gasteiger partial charge in [-0.05, 0) is 32.2 Å². The van der Waals surface area contributed by atoms with Crippen molar-refractivity contribution in [3.8, 4) is 0 Å². The van der Waals surface area contributed by atoms with Gasteiger partial charge in [0.15, 0.2) is 0 Å². The predicted octanol–water partition coefficient (Wildman–Crippen LogP) is 2.34. The standard InChI is InChI=1S/C16H27N3O2/c1-5-18(10-12(2)3)11-19-14(20)16(17-15(19)21)9-7-6-8-13(16)4/h13H,2,5-11H2,1,3-4H3,(H,17,21). The Morgan fingerprint density at radius 1 is 1.48 bits per heavy atom. The highest BCUT2D eigenvalue weighted by atomic mass is 16.2. The molecule has 2 aliphatic rings. The van der Waals surface area contributed by atoms with Gasteiger partial charge in [-0.3, -0.25) is 9.69 Å². The van der Waals surface area contributed by atoms with Gasteiger partial charge in [0, 0.05) is 6.54 Å². The molecule has 1 aliphatic carbocycles. The lowest BCUT2D eigenvalue weighted by atomic mass is 9.73. The van der Waals surface area contributed by atoms with Crippen LogP contribution >= 0.6 is 0 Å². The fourth-order valence-electron chi connectivity index (χ4n) is 3.47. The summed E-state index contributed by atoms with van der Waals surface area (Å²) in [4.78, 5) is 28.6. The monoisotopic (exact) mass is 293 g/mol. The molecule has 2 unspecified atom stereocenters. The lowest BCUT2D eigenvalue weighted by molar-refractivity contribution is -0.135. The molecule has 5 heteroatoms. The van der Waals surface area contributed by atoms with E-state index < -0.39 is 5.54 Å². The molecule has 1 saturated carbocycles. The lowest BCUT2D eigenvalue weighted by Gasteiger charge is -2.37. The van der Waals surface area contributed by atoms with E-state index in [0.29, 0.717) is 13.2 Å². The second-order valence-electron chi connectivity index (χ2n) is 6.53. The zero-order valence-electron chi connectivity index (χ0n) is 13.4. The topological polar surface area (TPSA) is 52.6 Å². The van der Waals surface area contributed by atoms with E-state index in [1.54, 1.807) is 0 Å². The maximum atomic E-state index is 12.8. The first-order chi connectivity index (χ1) is 9.90. The van der Waals surface area contributed by atoms with Gasteiger partial charge in [0.05, 0.1) is 6.67 Å². The number of nitrogens with one attached hydrogen (secondary N) is 1. The van der Waals surface area contributed by atoms with Gasteiger partial charge in [-0.15, -0.1) is 0 Å². The summed E-state index contributed by atoms with van der Waals surface area (Å²) in [6, 6.07) is -0.242. The van der Waals surface area contributed by atoms with Crippen LogP contribution in [0.3, 0.4) is 0 Å². The Labute approximate surface area is 127 Å². The van der Waals surface area contributed by atoms with Gasteiger partial charge < -0.3 is 5.32 Å². The molecular formula is C16H27N3O2. The van der Waals surface area contributed by atoms with Gasteiger partial charge in [-0.25, -0.2) is 9.69 Å². The summed E-state index contributed by atoms with van der Waals surface area (Å²) in [5.74, 6) is 0.170. The molecule has 0 aromatic heterocycles. The third-order valence-electron chi connectivity index (χ3n) is 4.78. The minimum Gasteiger partial charge on any atom is -0.323 e. The van der Waals surface area contributed by atoms with Crippen LogP contribution in [0.5, 0.6) is 0 Å². The van der Waals surface area contributed by atoms with Crippen LogP contribution in [0.4, 0.5) is 4.79 Å². The molecular weight excluding hydrogens is 266 g/mol. The Bertz CT molecular complexity index is 449. The molecule has 1 aliphatic heterocycles. The minimum absolute atomic E-state index is 0.0418. The van der Waals surface area contributed by atoms with Gasteiger partial charge in [0.25, 0.3) is 5.91 Å². The number of urea groups is 1. The van der Waals surface area contributed by atoms with Crippen LogP contribution in [0.25, 0.3) is 0 Å². The summed E-state index contributed by atoms with van der Waals surface area (Å²) in [5.41, 5.74) is 0.377. The Morgan fingerprint density at radius 2 is 2.19 bits per heavy atom. The normalized spacial score (nSPS) is 29.3. The molecule has 21 heavy (non-hydrogen) atoms. The zero-order valence-corrected chi connectivity index (χ0v) is 13.4. The third kappa shape index (κ3) is 2.98. The van der Waals surface area contributed by atoms with Crippen molar-refractivity contribution in [2.75, 3.05) is 19.8 Å². The Morgan fingerprint density at radius 3 is 2.76 bits per heavy atom. The molecule has 5 nitrogen and oxygen atoms in total. The molecule has 1 saturated heterocycles. The SMILES string of the molecule is C=C(C)CN(CC)CN1C(=O)NC2(CCCCC2C)C1=O. The van der Waals surface area contributed by atoms with Crippen molar-refractivity contribution in [1.82, 2.24) is 15.1 Å². The van der Waals surface area contributed by atoms with Crippen molar-refractivity contribution in [1.29, 1.82) is 0 Å². The van der Waals surface area contributed by atoms with Crippen molar-refractivity contribution in [2.45, 2.75) is 52.0 Å². The van der Waals surface area contributed by atoms with Crippen molar-refractivity contribution in [3.05, 3.63) is 12.2 Å². The smallest absolute Gasteiger partial charge is 0.323 e. The van der Waals surface area contributed by atoms with Gasteiger partial charge in [-0.2, -0.15) is 0 Å². The molecule has 0 bridgehead atoms. The van der Waals surface area contributed by atoms with E-state index in [9.17, 15) is 9.59 Å². The molecule has 118 valence electrons. The number of nitrogens with zero attached hydrogens (tertiary/aromatic N) is 2. The predicted molar refractivity (Wildman–Crippen MR) is 82.7 cm³/mol. The van der Waals surface area contributed by atoms with Crippen LogP contribution in [-0.4, -0.2) is 47.0 Å². The summed E-state index contributed by atoms with van der Waals surface area (Å²) in [6.07, 6.45) is 3.92. The van der Waals surface area contributed by atoms with E-state index in [1.165, 1.54) is 4.90 Å². The average Bonchev–Trinajstić information content (AvgIpc) is 2.66. The van der Waals surface area contributed by atoms with Crippen LogP contribution in [0.1, 0.15) is 46.5 Å². The van der Waals surface area contributed by atoms with Crippen LogP contribution < -0.4 is 5.32 Å². The van der Waals surface area contributed by atoms with Crippen molar-refractivity contribution >= 4 is 11.9 Å². The third-order valence-corrected chi connectivity index (χ3v) is 4.78. The lowest BCUT2D eigenvalue weighted by Crippen LogP contribution is -2.54. The van der Waals surface area contributed by atoms with E-state index in [1.807, 2.05) is 13.8 Å². The fraction of sp³-hybridized carbons (Fsp3) is 0.750. The first kappa shape index (κ1) is 16.0. The molecule has 0 aromatic rings. The van der Waals surface area contributed by atoms with E-state index >= 15 is 0 Å². The number of amides is 3. The number of carbonyl (C=O) groups is 2. The first-order valence-corrected chi connectivity index (χ1v) is 7.91. The highest BCUT2D eigenvalue weighted by Gasteiger charge is 2.54. The van der Waals surface area contributed by atoms with Crippen LogP contribution in [0, 0.1) is 5.92 Å². The summed E-state index contributed by atoms with van der Waals surface area (Å²) in [5, 5.41) is 2.99. The Hall–Kier alpha value is -1.36. The molecule has 2 atom stereocenters. The van der Waals surface area contributed by atoms with Gasteiger partial charge in [-0.1, -0.05) is 38.8 Å². The molecule has 2 rings (SSSR count). The summed E-state index contributed by atoms with van der Waals surface area (Å²) in [7, 11) is 0. The van der Waals surface area contributed by atoms with Crippen molar-refractivity contribution in [2.24, 2.45) is 5.92 Å². The van der Waals surface area contributed by atoms with Crippen LogP contribution in [0.2, 0.25) is 0 Å². The quantitative estimate of drug-likeness (QED) is 0.625. The number of hydrogen-bond acceptors (Lipinski definition) is 3. The second-order valence-corrected chi connectivity index (χ2v) is 6.53. The number of likely N-dealkylation sites (N-methyl/N-ethyl adjacent to an activating group) is 1. The van der Waals surface area contributed by atoms with Crippen LogP contribution in [-0.2, 0) is 4.79 Å². The molecule has 0 aromatic carbocycles. The fourth-order valence-corrected chi connectivity index (χ4v) is 3.47. The highest BCUT2D eigenvalue weighted by Crippen LogP contribution is 2.38. The van der Waals surface area contributed by atoms with Crippen LogP contribution in [0.15, 0.2) is 12.2 Å². The van der Waals surface area contributed by atoms with E-state index in [0.717, 1.165) is 37.8 Å². The van der Waals surface area contributed by atoms with Gasteiger partial charge in [0.1, 0.15) is 5.54 Å². The summed E-state index contributed by atoms with van der Waals surface area (Å²) in [6.45, 7) is 11.8.